The highest BCUT2D eigenvalue weighted by Crippen LogP contribution is 2.32. The van der Waals surface area contributed by atoms with Crippen LogP contribution in [0.4, 0.5) is 50.9 Å². The number of carbonyl (C=O) groups is 2. The Morgan fingerprint density at radius 2 is 1.02 bits per heavy atom. The minimum atomic E-state index is -0.714. The SMILES string of the molecule is O=C(CCC(=O)Nc1cccc(Nc2ncnc(N3CCC(OCc4ccccc4)CC3)n2)c1Cl)Nc1cccc(Nc2ncnc(N3CCC(OCc4ccccc4)CC3)n2)c1F. The van der Waals surface area contributed by atoms with Gasteiger partial charge in [-0.25, -0.2) is 24.3 Å². The highest BCUT2D eigenvalue weighted by Gasteiger charge is 2.24. The van der Waals surface area contributed by atoms with Gasteiger partial charge in [-0.2, -0.15) is 9.97 Å². The Labute approximate surface area is 375 Å². The molecule has 0 spiro atoms. The van der Waals surface area contributed by atoms with E-state index in [9.17, 15) is 9.59 Å². The molecule has 2 saturated heterocycles. The molecular formula is C46H48ClFN12O4. The van der Waals surface area contributed by atoms with Crippen molar-refractivity contribution in [1.82, 2.24) is 29.9 Å². The van der Waals surface area contributed by atoms with Crippen LogP contribution in [0.2, 0.25) is 5.02 Å². The van der Waals surface area contributed by atoms with E-state index < -0.39 is 17.6 Å². The first-order valence-corrected chi connectivity index (χ1v) is 21.6. The van der Waals surface area contributed by atoms with E-state index in [0.717, 1.165) is 49.9 Å². The molecule has 2 fully saturated rings. The maximum Gasteiger partial charge on any atom is 0.232 e. The third-order valence-corrected chi connectivity index (χ3v) is 11.2. The predicted octanol–water partition coefficient (Wildman–Crippen LogP) is 8.06. The van der Waals surface area contributed by atoms with Crippen molar-refractivity contribution in [2.45, 2.75) is 63.9 Å². The first-order valence-electron chi connectivity index (χ1n) is 21.2. The number of piperidine rings is 2. The lowest BCUT2D eigenvalue weighted by Gasteiger charge is -2.31. The zero-order chi connectivity index (χ0) is 44.1. The summed E-state index contributed by atoms with van der Waals surface area (Å²) < 4.78 is 27.9. The fourth-order valence-corrected chi connectivity index (χ4v) is 7.59. The summed E-state index contributed by atoms with van der Waals surface area (Å²) in [7, 11) is 0. The molecular weight excluding hydrogens is 839 g/mol. The van der Waals surface area contributed by atoms with Gasteiger partial charge in [-0.05, 0) is 61.1 Å². The number of benzene rings is 4. The van der Waals surface area contributed by atoms with Gasteiger partial charge in [-0.15, -0.1) is 0 Å². The summed E-state index contributed by atoms with van der Waals surface area (Å²) in [4.78, 5) is 56.3. The average molecular weight is 887 g/mol. The molecule has 0 radical (unpaired) electrons. The largest absolute Gasteiger partial charge is 0.373 e. The molecule has 2 aromatic heterocycles. The molecule has 4 aromatic carbocycles. The summed E-state index contributed by atoms with van der Waals surface area (Å²) in [5.41, 5.74) is 3.06. The van der Waals surface area contributed by atoms with E-state index in [0.29, 0.717) is 49.6 Å². The third-order valence-electron chi connectivity index (χ3n) is 10.8. The highest BCUT2D eigenvalue weighted by atomic mass is 35.5. The van der Waals surface area contributed by atoms with Crippen molar-refractivity contribution in [2.24, 2.45) is 0 Å². The van der Waals surface area contributed by atoms with Gasteiger partial charge in [-0.1, -0.05) is 84.4 Å². The highest BCUT2D eigenvalue weighted by molar-refractivity contribution is 6.36. The number of carbonyl (C=O) groups excluding carboxylic acids is 2. The zero-order valence-corrected chi connectivity index (χ0v) is 35.8. The fourth-order valence-electron chi connectivity index (χ4n) is 7.37. The summed E-state index contributed by atoms with van der Waals surface area (Å²) in [5.74, 6) is -0.287. The van der Waals surface area contributed by atoms with E-state index in [1.165, 1.54) is 24.8 Å². The minimum absolute atomic E-state index is 0.0575. The second kappa shape index (κ2) is 21.5. The van der Waals surface area contributed by atoms with Crippen LogP contribution >= 0.6 is 11.6 Å². The van der Waals surface area contributed by atoms with Crippen molar-refractivity contribution >= 4 is 70.0 Å². The van der Waals surface area contributed by atoms with Crippen molar-refractivity contribution in [3.8, 4) is 0 Å². The molecule has 8 rings (SSSR count). The normalized spacial score (nSPS) is 14.5. The Balaban J connectivity index is 0.784. The zero-order valence-electron chi connectivity index (χ0n) is 35.0. The number of nitrogens with zero attached hydrogens (tertiary/aromatic N) is 8. The van der Waals surface area contributed by atoms with E-state index >= 15 is 4.39 Å². The molecule has 2 aliphatic heterocycles. The van der Waals surface area contributed by atoms with Crippen LogP contribution in [0.15, 0.2) is 110 Å². The van der Waals surface area contributed by atoms with Crippen molar-refractivity contribution in [2.75, 3.05) is 57.2 Å². The quantitative estimate of drug-likeness (QED) is 0.0689. The number of nitrogens with one attached hydrogen (secondary N) is 4. The van der Waals surface area contributed by atoms with Gasteiger partial charge in [-0.3, -0.25) is 9.59 Å². The smallest absolute Gasteiger partial charge is 0.232 e. The van der Waals surface area contributed by atoms with Gasteiger partial charge in [0, 0.05) is 39.0 Å². The Bertz CT molecular complexity index is 2320. The van der Waals surface area contributed by atoms with Crippen molar-refractivity contribution in [3.05, 3.63) is 132 Å². The number of anilines is 8. The Morgan fingerprint density at radius 1 is 0.578 bits per heavy atom. The monoisotopic (exact) mass is 886 g/mol. The van der Waals surface area contributed by atoms with Crippen molar-refractivity contribution in [3.63, 3.8) is 0 Å². The summed E-state index contributed by atoms with van der Waals surface area (Å²) in [6.45, 7) is 4.01. The van der Waals surface area contributed by atoms with E-state index in [2.05, 4.69) is 68.2 Å². The van der Waals surface area contributed by atoms with Gasteiger partial charge in [0.05, 0.1) is 53.2 Å². The van der Waals surface area contributed by atoms with Crippen LogP contribution in [0.5, 0.6) is 0 Å². The lowest BCUT2D eigenvalue weighted by molar-refractivity contribution is -0.121. The molecule has 64 heavy (non-hydrogen) atoms. The fraction of sp³-hybridized carbons (Fsp3) is 0.304. The Kier molecular flexibility index (Phi) is 14.7. The van der Waals surface area contributed by atoms with Gasteiger partial charge in [0.15, 0.2) is 5.82 Å². The minimum Gasteiger partial charge on any atom is -0.373 e. The molecule has 0 saturated carbocycles. The van der Waals surface area contributed by atoms with E-state index in [1.54, 1.807) is 24.3 Å². The molecule has 4 N–H and O–H groups in total. The summed E-state index contributed by atoms with van der Waals surface area (Å²) in [6, 6.07) is 29.8. The van der Waals surface area contributed by atoms with Gasteiger partial charge in [0.2, 0.25) is 35.6 Å². The number of hydrogen-bond donors (Lipinski definition) is 4. The van der Waals surface area contributed by atoms with Gasteiger partial charge in [0.25, 0.3) is 0 Å². The second-order valence-electron chi connectivity index (χ2n) is 15.4. The Hall–Kier alpha value is -6.82. The molecule has 330 valence electrons. The molecule has 6 aromatic rings. The van der Waals surface area contributed by atoms with Gasteiger partial charge < -0.3 is 40.5 Å². The number of halogens is 2. The molecule has 0 unspecified atom stereocenters. The van der Waals surface area contributed by atoms with Crippen LogP contribution in [0, 0.1) is 5.82 Å². The maximum atomic E-state index is 15.7. The van der Waals surface area contributed by atoms with Crippen LogP contribution < -0.4 is 31.1 Å². The first-order chi connectivity index (χ1) is 31.3. The lowest BCUT2D eigenvalue weighted by atomic mass is 10.1. The molecule has 0 bridgehead atoms. The summed E-state index contributed by atoms with van der Waals surface area (Å²) >= 11 is 6.70. The van der Waals surface area contributed by atoms with Crippen LogP contribution in [0.25, 0.3) is 0 Å². The number of hydrogen-bond acceptors (Lipinski definition) is 14. The maximum absolute atomic E-state index is 15.7. The van der Waals surface area contributed by atoms with Crippen LogP contribution in [-0.2, 0) is 32.3 Å². The number of ether oxygens (including phenoxy) is 2. The average Bonchev–Trinajstić information content (AvgIpc) is 3.33. The molecule has 0 aliphatic carbocycles. The van der Waals surface area contributed by atoms with E-state index in [1.807, 2.05) is 53.4 Å². The van der Waals surface area contributed by atoms with Crippen molar-refractivity contribution < 1.29 is 23.5 Å². The standard InChI is InChI=1S/C46H48ClFN12O4/c47-41-35(13-7-14-36(41)55-43-49-29-51-45(57-43)59-23-19-33(20-24-59)63-27-31-9-3-1-4-10-31)53-39(61)17-18-40(62)54-37-15-8-16-38(42(37)48)56-44-50-30-52-46(58-44)60-25-21-34(22-26-60)64-28-32-11-5-2-6-12-32/h1-16,29-30,33-34H,17-28H2,(H,53,61)(H,54,62)(H,49,51,55,57)(H,50,52,56,58). The summed E-state index contributed by atoms with van der Waals surface area (Å²) in [5, 5.41) is 11.6. The number of amides is 2. The predicted molar refractivity (Wildman–Crippen MR) is 243 cm³/mol. The van der Waals surface area contributed by atoms with Gasteiger partial charge >= 0.3 is 0 Å². The van der Waals surface area contributed by atoms with Crippen LogP contribution in [-0.4, -0.2) is 80.1 Å². The third kappa shape index (κ3) is 12.0. The van der Waals surface area contributed by atoms with Gasteiger partial charge in [0.1, 0.15) is 12.7 Å². The molecule has 0 atom stereocenters. The van der Waals surface area contributed by atoms with E-state index in [-0.39, 0.29) is 53.3 Å². The number of aromatic nitrogens is 6. The van der Waals surface area contributed by atoms with Crippen LogP contribution in [0.1, 0.15) is 49.7 Å². The molecule has 2 aliphatic rings. The molecule has 4 heterocycles. The topological polar surface area (TPSA) is 185 Å². The molecule has 2 amide bonds. The number of rotatable bonds is 17. The Morgan fingerprint density at radius 3 is 1.53 bits per heavy atom. The second-order valence-corrected chi connectivity index (χ2v) is 15.7. The van der Waals surface area contributed by atoms with E-state index in [4.69, 9.17) is 21.1 Å². The lowest BCUT2D eigenvalue weighted by Crippen LogP contribution is -2.38. The summed E-state index contributed by atoms with van der Waals surface area (Å²) in [6.07, 6.45) is 6.01. The molecule has 16 nitrogen and oxygen atoms in total. The van der Waals surface area contributed by atoms with Crippen LogP contribution in [0.3, 0.4) is 0 Å². The first kappa shape index (κ1) is 43.8. The van der Waals surface area contributed by atoms with Crippen molar-refractivity contribution in [1.29, 1.82) is 0 Å². The molecule has 18 heteroatoms.